The molecule has 0 aliphatic carbocycles. The van der Waals surface area contributed by atoms with Crippen molar-refractivity contribution < 1.29 is 9.53 Å². The van der Waals surface area contributed by atoms with Crippen LogP contribution < -0.4 is 5.32 Å². The molecule has 0 saturated carbocycles. The van der Waals surface area contributed by atoms with E-state index in [2.05, 4.69) is 10.3 Å². The molecule has 2 heterocycles. The van der Waals surface area contributed by atoms with E-state index in [0.29, 0.717) is 11.7 Å². The molecule has 0 spiro atoms. The van der Waals surface area contributed by atoms with Crippen LogP contribution in [-0.4, -0.2) is 49.1 Å². The van der Waals surface area contributed by atoms with Gasteiger partial charge in [-0.1, -0.05) is 0 Å². The molecule has 1 saturated heterocycles. The Labute approximate surface area is 101 Å². The van der Waals surface area contributed by atoms with Gasteiger partial charge in [-0.2, -0.15) is 0 Å². The average molecular weight is 235 g/mol. The largest absolute Gasteiger partial charge is 0.380 e. The van der Waals surface area contributed by atoms with Crippen molar-refractivity contribution in [1.29, 1.82) is 0 Å². The van der Waals surface area contributed by atoms with E-state index in [-0.39, 0.29) is 5.91 Å². The highest BCUT2D eigenvalue weighted by molar-refractivity contribution is 5.92. The number of ether oxygens (including phenoxy) is 1. The molecule has 1 aromatic rings. The van der Waals surface area contributed by atoms with Gasteiger partial charge in [0.1, 0.15) is 5.69 Å². The zero-order valence-corrected chi connectivity index (χ0v) is 10.1. The van der Waals surface area contributed by atoms with Crippen LogP contribution in [0.1, 0.15) is 16.9 Å². The molecule has 1 aliphatic heterocycles. The highest BCUT2D eigenvalue weighted by Gasteiger charge is 2.16. The Morgan fingerprint density at radius 2 is 2.41 bits per heavy atom. The second-order valence-electron chi connectivity index (χ2n) is 4.33. The molecule has 17 heavy (non-hydrogen) atoms. The molecule has 1 atom stereocenters. The summed E-state index contributed by atoms with van der Waals surface area (Å²) in [5, 5.41) is 3.34. The van der Waals surface area contributed by atoms with E-state index < -0.39 is 0 Å². The van der Waals surface area contributed by atoms with Crippen LogP contribution in [0.25, 0.3) is 0 Å². The zero-order chi connectivity index (χ0) is 12.3. The summed E-state index contributed by atoms with van der Waals surface area (Å²) in [6, 6.07) is 3.98. The summed E-state index contributed by atoms with van der Waals surface area (Å²) in [5.74, 6) is -0.0867. The quantitative estimate of drug-likeness (QED) is 0.848. The van der Waals surface area contributed by atoms with E-state index >= 15 is 0 Å². The third-order valence-corrected chi connectivity index (χ3v) is 2.69. The zero-order valence-electron chi connectivity index (χ0n) is 10.1. The monoisotopic (exact) mass is 235 g/mol. The second-order valence-corrected chi connectivity index (χ2v) is 4.33. The van der Waals surface area contributed by atoms with Gasteiger partial charge in [-0.25, -0.2) is 0 Å². The minimum Gasteiger partial charge on any atom is -0.380 e. The molecule has 92 valence electrons. The highest BCUT2D eigenvalue weighted by Crippen LogP contribution is 2.14. The van der Waals surface area contributed by atoms with E-state index in [1.807, 2.05) is 6.07 Å². The fourth-order valence-electron chi connectivity index (χ4n) is 1.75. The first kappa shape index (κ1) is 11.9. The van der Waals surface area contributed by atoms with Gasteiger partial charge in [-0.15, -0.1) is 0 Å². The van der Waals surface area contributed by atoms with Crippen molar-refractivity contribution in [2.45, 2.75) is 12.5 Å². The molecule has 1 unspecified atom stereocenters. The lowest BCUT2D eigenvalue weighted by atomic mass is 10.2. The van der Waals surface area contributed by atoms with Gasteiger partial charge in [0.05, 0.1) is 12.6 Å². The summed E-state index contributed by atoms with van der Waals surface area (Å²) >= 11 is 0. The summed E-state index contributed by atoms with van der Waals surface area (Å²) in [6.07, 6.45) is 2.65. The third kappa shape index (κ3) is 2.94. The van der Waals surface area contributed by atoms with Gasteiger partial charge in [0.25, 0.3) is 5.91 Å². The number of carbonyl (C=O) groups is 1. The molecule has 0 bridgehead atoms. The van der Waals surface area contributed by atoms with Crippen LogP contribution in [0.2, 0.25) is 0 Å². The van der Waals surface area contributed by atoms with E-state index in [9.17, 15) is 4.79 Å². The summed E-state index contributed by atoms with van der Waals surface area (Å²) in [5.41, 5.74) is 1.37. The standard InChI is InChI=1S/C12H17N3O2/c1-15(2)12(16)11-7-9(3-5-13-11)14-10-4-6-17-8-10/h3,5,7,10H,4,6,8H2,1-2H3,(H,13,14). The number of nitrogens with one attached hydrogen (secondary N) is 1. The number of aromatic nitrogens is 1. The molecular weight excluding hydrogens is 218 g/mol. The van der Waals surface area contributed by atoms with Gasteiger partial charge in [-0.3, -0.25) is 9.78 Å². The number of hydrogen-bond acceptors (Lipinski definition) is 4. The normalized spacial score (nSPS) is 19.1. The van der Waals surface area contributed by atoms with E-state index in [1.54, 1.807) is 26.4 Å². The van der Waals surface area contributed by atoms with Gasteiger partial charge >= 0.3 is 0 Å². The van der Waals surface area contributed by atoms with Crippen molar-refractivity contribution in [1.82, 2.24) is 9.88 Å². The lowest BCUT2D eigenvalue weighted by molar-refractivity contribution is 0.0822. The Hall–Kier alpha value is -1.62. The first-order chi connectivity index (χ1) is 8.16. The predicted octanol–water partition coefficient (Wildman–Crippen LogP) is 0.984. The Bertz CT molecular complexity index is 400. The van der Waals surface area contributed by atoms with E-state index in [4.69, 9.17) is 4.74 Å². The smallest absolute Gasteiger partial charge is 0.272 e. The molecule has 5 nitrogen and oxygen atoms in total. The molecule has 1 aromatic heterocycles. The summed E-state index contributed by atoms with van der Waals surface area (Å²) < 4.78 is 5.29. The van der Waals surface area contributed by atoms with Crippen LogP contribution >= 0.6 is 0 Å². The minimum atomic E-state index is -0.0867. The van der Waals surface area contributed by atoms with Gasteiger partial charge in [-0.05, 0) is 18.6 Å². The van der Waals surface area contributed by atoms with Crippen molar-refractivity contribution in [2.75, 3.05) is 32.6 Å². The van der Waals surface area contributed by atoms with Crippen molar-refractivity contribution in [3.05, 3.63) is 24.0 Å². The minimum absolute atomic E-state index is 0.0867. The summed E-state index contributed by atoms with van der Waals surface area (Å²) in [7, 11) is 3.43. The molecular formula is C12H17N3O2. The van der Waals surface area contributed by atoms with Crippen LogP contribution in [0, 0.1) is 0 Å². The maximum absolute atomic E-state index is 11.7. The predicted molar refractivity (Wildman–Crippen MR) is 65.1 cm³/mol. The Morgan fingerprint density at radius 3 is 3.06 bits per heavy atom. The third-order valence-electron chi connectivity index (χ3n) is 2.69. The van der Waals surface area contributed by atoms with Crippen molar-refractivity contribution in [2.24, 2.45) is 0 Å². The number of hydrogen-bond donors (Lipinski definition) is 1. The Balaban J connectivity index is 2.08. The van der Waals surface area contributed by atoms with E-state index in [1.165, 1.54) is 4.90 Å². The molecule has 1 N–H and O–H groups in total. The fourth-order valence-corrected chi connectivity index (χ4v) is 1.75. The second kappa shape index (κ2) is 5.14. The fraction of sp³-hybridized carbons (Fsp3) is 0.500. The van der Waals surface area contributed by atoms with Gasteiger partial charge < -0.3 is 15.0 Å². The SMILES string of the molecule is CN(C)C(=O)c1cc(NC2CCOC2)ccn1. The number of nitrogens with zero attached hydrogens (tertiary/aromatic N) is 2. The van der Waals surface area contributed by atoms with Gasteiger partial charge in [0, 0.05) is 32.6 Å². The van der Waals surface area contributed by atoms with E-state index in [0.717, 1.165) is 25.3 Å². The Kier molecular flexibility index (Phi) is 3.58. The van der Waals surface area contributed by atoms with Crippen LogP contribution in [0.15, 0.2) is 18.3 Å². The van der Waals surface area contributed by atoms with Gasteiger partial charge in [0.15, 0.2) is 0 Å². The van der Waals surface area contributed by atoms with Crippen molar-refractivity contribution in [3.63, 3.8) is 0 Å². The molecule has 0 aromatic carbocycles. The number of pyridine rings is 1. The number of carbonyl (C=O) groups excluding carboxylic acids is 1. The maximum atomic E-state index is 11.7. The van der Waals surface area contributed by atoms with Crippen molar-refractivity contribution in [3.8, 4) is 0 Å². The molecule has 2 rings (SSSR count). The first-order valence-electron chi connectivity index (χ1n) is 5.69. The van der Waals surface area contributed by atoms with Crippen LogP contribution in [0.4, 0.5) is 5.69 Å². The lowest BCUT2D eigenvalue weighted by Gasteiger charge is -2.14. The molecule has 1 fully saturated rings. The maximum Gasteiger partial charge on any atom is 0.272 e. The Morgan fingerprint density at radius 1 is 1.59 bits per heavy atom. The molecule has 1 aliphatic rings. The number of amides is 1. The van der Waals surface area contributed by atoms with Crippen LogP contribution in [0.3, 0.4) is 0 Å². The van der Waals surface area contributed by atoms with Crippen molar-refractivity contribution >= 4 is 11.6 Å². The topological polar surface area (TPSA) is 54.5 Å². The summed E-state index contributed by atoms with van der Waals surface area (Å²) in [4.78, 5) is 17.3. The average Bonchev–Trinajstić information content (AvgIpc) is 2.81. The van der Waals surface area contributed by atoms with Crippen LogP contribution in [-0.2, 0) is 4.74 Å². The lowest BCUT2D eigenvalue weighted by Crippen LogP contribution is -2.23. The molecule has 5 heteroatoms. The van der Waals surface area contributed by atoms with Gasteiger partial charge in [0.2, 0.25) is 0 Å². The molecule has 0 radical (unpaired) electrons. The number of anilines is 1. The highest BCUT2D eigenvalue weighted by atomic mass is 16.5. The first-order valence-corrected chi connectivity index (χ1v) is 5.69. The summed E-state index contributed by atoms with van der Waals surface area (Å²) in [6.45, 7) is 1.52. The number of rotatable bonds is 3. The molecule has 1 amide bonds. The van der Waals surface area contributed by atoms with Crippen LogP contribution in [0.5, 0.6) is 0 Å².